The van der Waals surface area contributed by atoms with Crippen molar-refractivity contribution in [3.63, 3.8) is 0 Å². The summed E-state index contributed by atoms with van der Waals surface area (Å²) in [5.41, 5.74) is 0.821. The second kappa shape index (κ2) is 7.29. The van der Waals surface area contributed by atoms with E-state index in [0.717, 1.165) is 5.69 Å². The zero-order valence-corrected chi connectivity index (χ0v) is 10.1. The Morgan fingerprint density at radius 2 is 2.00 bits per heavy atom. The standard InChI is InChI=1S/C12H16N2O4/c1-18-12(17)10(15)7-14-11(16)8-13-9-5-3-2-4-6-9/h2-6,10,13,15H,7-8H2,1H3,(H,14,16). The third-order valence-electron chi connectivity index (χ3n) is 2.19. The van der Waals surface area contributed by atoms with Gasteiger partial charge in [0, 0.05) is 5.69 Å². The van der Waals surface area contributed by atoms with Crippen LogP contribution in [0.2, 0.25) is 0 Å². The molecule has 0 aromatic heterocycles. The van der Waals surface area contributed by atoms with Crippen molar-refractivity contribution < 1.29 is 19.4 Å². The van der Waals surface area contributed by atoms with E-state index in [1.54, 1.807) is 0 Å². The van der Waals surface area contributed by atoms with Gasteiger partial charge in [0.05, 0.1) is 20.2 Å². The molecule has 98 valence electrons. The van der Waals surface area contributed by atoms with Crippen LogP contribution in [-0.4, -0.2) is 43.3 Å². The Bertz CT molecular complexity index is 394. The van der Waals surface area contributed by atoms with Gasteiger partial charge in [0.1, 0.15) is 0 Å². The van der Waals surface area contributed by atoms with E-state index < -0.39 is 12.1 Å². The van der Waals surface area contributed by atoms with Gasteiger partial charge in [-0.25, -0.2) is 4.79 Å². The van der Waals surface area contributed by atoms with Crippen LogP contribution in [-0.2, 0) is 14.3 Å². The number of benzene rings is 1. The topological polar surface area (TPSA) is 87.7 Å². The summed E-state index contributed by atoms with van der Waals surface area (Å²) in [7, 11) is 1.17. The molecule has 0 spiro atoms. The van der Waals surface area contributed by atoms with E-state index in [4.69, 9.17) is 0 Å². The number of rotatable bonds is 6. The lowest BCUT2D eigenvalue weighted by Crippen LogP contribution is -2.39. The minimum absolute atomic E-state index is 0.0674. The summed E-state index contributed by atoms with van der Waals surface area (Å²) in [6.45, 7) is -0.0973. The van der Waals surface area contributed by atoms with Gasteiger partial charge in [0.25, 0.3) is 0 Å². The highest BCUT2D eigenvalue weighted by molar-refractivity contribution is 5.82. The molecule has 0 saturated carbocycles. The molecule has 3 N–H and O–H groups in total. The second-order valence-electron chi connectivity index (χ2n) is 3.56. The van der Waals surface area contributed by atoms with Gasteiger partial charge < -0.3 is 20.5 Å². The summed E-state index contributed by atoms with van der Waals surface area (Å²) in [4.78, 5) is 22.3. The van der Waals surface area contributed by atoms with E-state index in [0.29, 0.717) is 0 Å². The predicted molar refractivity (Wildman–Crippen MR) is 66.0 cm³/mol. The number of aliphatic hydroxyl groups is 1. The average Bonchev–Trinajstić information content (AvgIpc) is 2.42. The van der Waals surface area contributed by atoms with Crippen molar-refractivity contribution in [1.82, 2.24) is 5.32 Å². The summed E-state index contributed by atoms with van der Waals surface area (Å²) in [6.07, 6.45) is -1.34. The first-order valence-electron chi connectivity index (χ1n) is 5.45. The van der Waals surface area contributed by atoms with Crippen LogP contribution < -0.4 is 10.6 Å². The first kappa shape index (κ1) is 14.0. The van der Waals surface area contributed by atoms with Crippen molar-refractivity contribution in [3.05, 3.63) is 30.3 Å². The third-order valence-corrected chi connectivity index (χ3v) is 2.19. The summed E-state index contributed by atoms with van der Waals surface area (Å²) < 4.78 is 4.32. The molecule has 0 bridgehead atoms. The number of nitrogens with one attached hydrogen (secondary N) is 2. The van der Waals surface area contributed by atoms with E-state index >= 15 is 0 Å². The lowest BCUT2D eigenvalue weighted by molar-refractivity contribution is -0.150. The summed E-state index contributed by atoms with van der Waals surface area (Å²) in [5.74, 6) is -1.09. The Kier molecular flexibility index (Phi) is 5.66. The highest BCUT2D eigenvalue weighted by atomic mass is 16.5. The molecule has 0 heterocycles. The average molecular weight is 252 g/mol. The summed E-state index contributed by atoms with van der Waals surface area (Å²) >= 11 is 0. The molecule has 0 radical (unpaired) electrons. The molecule has 0 saturated heterocycles. The first-order valence-corrected chi connectivity index (χ1v) is 5.45. The number of para-hydroxylation sites is 1. The molecule has 1 rings (SSSR count). The zero-order valence-electron chi connectivity index (χ0n) is 10.1. The SMILES string of the molecule is COC(=O)C(O)CNC(=O)CNc1ccccc1. The van der Waals surface area contributed by atoms with Crippen LogP contribution in [0.5, 0.6) is 0 Å². The molecule has 1 aromatic rings. The molecule has 6 nitrogen and oxygen atoms in total. The van der Waals surface area contributed by atoms with Gasteiger partial charge in [-0.1, -0.05) is 18.2 Å². The van der Waals surface area contributed by atoms with E-state index in [-0.39, 0.29) is 19.0 Å². The fourth-order valence-corrected chi connectivity index (χ4v) is 1.23. The Hall–Kier alpha value is -2.08. The van der Waals surface area contributed by atoms with Crippen molar-refractivity contribution in [3.8, 4) is 0 Å². The monoisotopic (exact) mass is 252 g/mol. The Balaban J connectivity index is 2.24. The van der Waals surface area contributed by atoms with Gasteiger partial charge in [-0.15, -0.1) is 0 Å². The van der Waals surface area contributed by atoms with Crippen molar-refractivity contribution in [2.45, 2.75) is 6.10 Å². The fraction of sp³-hybridized carbons (Fsp3) is 0.333. The summed E-state index contributed by atoms with van der Waals surface area (Å²) in [5, 5.41) is 14.6. The molecule has 1 aromatic carbocycles. The number of carbonyl (C=O) groups excluding carboxylic acids is 2. The molecule has 0 aliphatic carbocycles. The van der Waals surface area contributed by atoms with Gasteiger partial charge in [0.15, 0.2) is 6.10 Å². The van der Waals surface area contributed by atoms with E-state index in [2.05, 4.69) is 15.4 Å². The second-order valence-corrected chi connectivity index (χ2v) is 3.56. The Labute approximate surface area is 105 Å². The zero-order chi connectivity index (χ0) is 13.4. The molecule has 0 aliphatic rings. The van der Waals surface area contributed by atoms with Crippen molar-refractivity contribution in [1.29, 1.82) is 0 Å². The van der Waals surface area contributed by atoms with Gasteiger partial charge >= 0.3 is 5.97 Å². The number of carbonyl (C=O) groups is 2. The van der Waals surface area contributed by atoms with Crippen molar-refractivity contribution in [2.75, 3.05) is 25.5 Å². The number of amides is 1. The van der Waals surface area contributed by atoms with Crippen LogP contribution in [0, 0.1) is 0 Å². The smallest absolute Gasteiger partial charge is 0.336 e. The van der Waals surface area contributed by atoms with Crippen molar-refractivity contribution >= 4 is 17.6 Å². The van der Waals surface area contributed by atoms with Crippen LogP contribution in [0.4, 0.5) is 5.69 Å². The maximum absolute atomic E-state index is 11.4. The molecular weight excluding hydrogens is 236 g/mol. The van der Waals surface area contributed by atoms with Gasteiger partial charge in [-0.2, -0.15) is 0 Å². The lowest BCUT2D eigenvalue weighted by Gasteiger charge is -2.10. The van der Waals surface area contributed by atoms with Crippen LogP contribution in [0.1, 0.15) is 0 Å². The van der Waals surface area contributed by atoms with Gasteiger partial charge in [-0.3, -0.25) is 4.79 Å². The molecule has 1 atom stereocenters. The highest BCUT2D eigenvalue weighted by Gasteiger charge is 2.15. The number of hydrogen-bond acceptors (Lipinski definition) is 5. The number of esters is 1. The predicted octanol–water partition coefficient (Wildman–Crippen LogP) is -0.251. The van der Waals surface area contributed by atoms with Crippen LogP contribution in [0.3, 0.4) is 0 Å². The molecular formula is C12H16N2O4. The molecule has 18 heavy (non-hydrogen) atoms. The highest BCUT2D eigenvalue weighted by Crippen LogP contribution is 2.03. The van der Waals surface area contributed by atoms with Gasteiger partial charge in [0.2, 0.25) is 5.91 Å². The minimum Gasteiger partial charge on any atom is -0.467 e. The van der Waals surface area contributed by atoms with E-state index in [9.17, 15) is 14.7 Å². The van der Waals surface area contributed by atoms with Crippen LogP contribution >= 0.6 is 0 Å². The first-order chi connectivity index (χ1) is 8.63. The largest absolute Gasteiger partial charge is 0.467 e. The molecule has 6 heteroatoms. The summed E-state index contributed by atoms with van der Waals surface area (Å²) in [6, 6.07) is 9.23. The van der Waals surface area contributed by atoms with E-state index in [1.807, 2.05) is 30.3 Å². The lowest BCUT2D eigenvalue weighted by atomic mass is 10.3. The number of aliphatic hydroxyl groups excluding tert-OH is 1. The molecule has 0 aliphatic heterocycles. The number of ether oxygens (including phenoxy) is 1. The quantitative estimate of drug-likeness (QED) is 0.608. The third kappa shape index (κ3) is 4.84. The molecule has 0 fully saturated rings. The Morgan fingerprint density at radius 3 is 2.61 bits per heavy atom. The molecule has 1 unspecified atom stereocenters. The number of anilines is 1. The van der Waals surface area contributed by atoms with E-state index in [1.165, 1.54) is 7.11 Å². The number of methoxy groups -OCH3 is 1. The minimum atomic E-state index is -1.34. The fourth-order valence-electron chi connectivity index (χ4n) is 1.23. The normalized spacial score (nSPS) is 11.4. The van der Waals surface area contributed by atoms with Gasteiger partial charge in [-0.05, 0) is 12.1 Å². The maximum Gasteiger partial charge on any atom is 0.336 e. The number of hydrogen-bond donors (Lipinski definition) is 3. The Morgan fingerprint density at radius 1 is 1.33 bits per heavy atom. The van der Waals surface area contributed by atoms with Crippen molar-refractivity contribution in [2.24, 2.45) is 0 Å². The van der Waals surface area contributed by atoms with Crippen LogP contribution in [0.25, 0.3) is 0 Å². The molecule has 1 amide bonds. The van der Waals surface area contributed by atoms with Crippen LogP contribution in [0.15, 0.2) is 30.3 Å². The maximum atomic E-state index is 11.4.